The van der Waals surface area contributed by atoms with Crippen LogP contribution in [0.5, 0.6) is 0 Å². The topological polar surface area (TPSA) is 26.0 Å². The fourth-order valence-corrected chi connectivity index (χ4v) is 1.80. The van der Waals surface area contributed by atoms with Crippen molar-refractivity contribution in [3.63, 3.8) is 0 Å². The van der Waals surface area contributed by atoms with E-state index in [1.54, 1.807) is 0 Å². The van der Waals surface area contributed by atoms with Gasteiger partial charge in [0.1, 0.15) is 0 Å². The second-order valence-electron chi connectivity index (χ2n) is 3.73. The molecule has 2 N–H and O–H groups in total. The van der Waals surface area contributed by atoms with E-state index in [2.05, 4.69) is 26.0 Å². The molecule has 0 spiro atoms. The van der Waals surface area contributed by atoms with Gasteiger partial charge in [-0.15, -0.1) is 0 Å². The van der Waals surface area contributed by atoms with Crippen LogP contribution in [0.25, 0.3) is 0 Å². The summed E-state index contributed by atoms with van der Waals surface area (Å²) in [5, 5.41) is 0. The quantitative estimate of drug-likeness (QED) is 0.573. The standard InChI is InChI=1S/C12H25N/c1-3-8-12(9-4-2)10-6-5-7-11-13/h5,7,12H,3-4,6,8-11,13H2,1-2H3/b7-5+. The van der Waals surface area contributed by atoms with Gasteiger partial charge in [-0.2, -0.15) is 0 Å². The maximum atomic E-state index is 5.38. The first-order valence-corrected chi connectivity index (χ1v) is 5.70. The van der Waals surface area contributed by atoms with Crippen LogP contribution in [0, 0.1) is 5.92 Å². The second-order valence-corrected chi connectivity index (χ2v) is 3.73. The molecule has 0 aromatic carbocycles. The molecule has 0 bridgehead atoms. The Kier molecular flexibility index (Phi) is 9.56. The zero-order valence-corrected chi connectivity index (χ0v) is 9.26. The Morgan fingerprint density at radius 3 is 2.08 bits per heavy atom. The van der Waals surface area contributed by atoms with Crippen molar-refractivity contribution in [1.29, 1.82) is 0 Å². The highest BCUT2D eigenvalue weighted by atomic mass is 14.5. The Bertz CT molecular complexity index is 112. The van der Waals surface area contributed by atoms with E-state index >= 15 is 0 Å². The van der Waals surface area contributed by atoms with Gasteiger partial charge < -0.3 is 5.73 Å². The van der Waals surface area contributed by atoms with E-state index < -0.39 is 0 Å². The number of hydrogen-bond donors (Lipinski definition) is 1. The number of hydrogen-bond acceptors (Lipinski definition) is 1. The Morgan fingerprint density at radius 1 is 1.00 bits per heavy atom. The molecule has 1 nitrogen and oxygen atoms in total. The summed E-state index contributed by atoms with van der Waals surface area (Å²) in [5.41, 5.74) is 5.38. The summed E-state index contributed by atoms with van der Waals surface area (Å²) in [6.07, 6.45) is 12.3. The van der Waals surface area contributed by atoms with Gasteiger partial charge in [0.25, 0.3) is 0 Å². The van der Waals surface area contributed by atoms with Crippen LogP contribution in [0.2, 0.25) is 0 Å². The predicted octanol–water partition coefficient (Wildman–Crippen LogP) is 3.50. The van der Waals surface area contributed by atoms with Crippen molar-refractivity contribution < 1.29 is 0 Å². The summed E-state index contributed by atoms with van der Waals surface area (Å²) in [4.78, 5) is 0. The third kappa shape index (κ3) is 8.04. The van der Waals surface area contributed by atoms with E-state index in [1.807, 2.05) is 0 Å². The SMILES string of the molecule is CCCC(CCC)CC/C=C/CN. The summed E-state index contributed by atoms with van der Waals surface area (Å²) in [7, 11) is 0. The molecule has 0 fully saturated rings. The molecule has 0 atom stereocenters. The first-order chi connectivity index (χ1) is 6.35. The molecular formula is C12H25N. The third-order valence-electron chi connectivity index (χ3n) is 2.44. The van der Waals surface area contributed by atoms with Crippen LogP contribution >= 0.6 is 0 Å². The van der Waals surface area contributed by atoms with Crippen molar-refractivity contribution in [2.45, 2.75) is 52.4 Å². The van der Waals surface area contributed by atoms with Gasteiger partial charge in [-0.05, 0) is 18.8 Å². The first kappa shape index (κ1) is 12.7. The molecule has 0 radical (unpaired) electrons. The maximum absolute atomic E-state index is 5.38. The highest BCUT2D eigenvalue weighted by Crippen LogP contribution is 2.19. The van der Waals surface area contributed by atoms with Crippen LogP contribution < -0.4 is 5.73 Å². The molecule has 13 heavy (non-hydrogen) atoms. The molecular weight excluding hydrogens is 158 g/mol. The van der Waals surface area contributed by atoms with Gasteiger partial charge >= 0.3 is 0 Å². The molecule has 0 aliphatic carbocycles. The summed E-state index contributed by atoms with van der Waals surface area (Å²) in [6, 6.07) is 0. The minimum absolute atomic E-state index is 0.687. The second kappa shape index (κ2) is 9.79. The van der Waals surface area contributed by atoms with Crippen LogP contribution in [-0.2, 0) is 0 Å². The number of allylic oxidation sites excluding steroid dienone is 1. The van der Waals surface area contributed by atoms with Crippen LogP contribution in [0.15, 0.2) is 12.2 Å². The number of rotatable bonds is 8. The Balaban J connectivity index is 3.49. The minimum Gasteiger partial charge on any atom is -0.327 e. The molecule has 1 heteroatoms. The van der Waals surface area contributed by atoms with E-state index in [-0.39, 0.29) is 0 Å². The minimum atomic E-state index is 0.687. The zero-order valence-electron chi connectivity index (χ0n) is 9.26. The molecule has 0 aromatic rings. The fraction of sp³-hybridized carbons (Fsp3) is 0.833. The lowest BCUT2D eigenvalue weighted by atomic mass is 9.93. The lowest BCUT2D eigenvalue weighted by Crippen LogP contribution is -1.99. The smallest absolute Gasteiger partial charge is 0.0106 e. The van der Waals surface area contributed by atoms with Gasteiger partial charge in [0.2, 0.25) is 0 Å². The summed E-state index contributed by atoms with van der Waals surface area (Å²) in [6.45, 7) is 5.24. The van der Waals surface area contributed by atoms with E-state index in [4.69, 9.17) is 5.73 Å². The normalized spacial score (nSPS) is 11.7. The zero-order chi connectivity index (χ0) is 9.94. The number of nitrogens with two attached hydrogens (primary N) is 1. The van der Waals surface area contributed by atoms with Crippen LogP contribution in [0.4, 0.5) is 0 Å². The molecule has 0 heterocycles. The largest absolute Gasteiger partial charge is 0.327 e. The van der Waals surface area contributed by atoms with Gasteiger partial charge in [0, 0.05) is 6.54 Å². The highest BCUT2D eigenvalue weighted by molar-refractivity contribution is 4.82. The van der Waals surface area contributed by atoms with Gasteiger partial charge in [-0.25, -0.2) is 0 Å². The van der Waals surface area contributed by atoms with E-state index in [0.717, 1.165) is 5.92 Å². The van der Waals surface area contributed by atoms with Crippen molar-refractivity contribution in [2.24, 2.45) is 11.7 Å². The first-order valence-electron chi connectivity index (χ1n) is 5.70. The average Bonchev–Trinajstić information content (AvgIpc) is 2.13. The lowest BCUT2D eigenvalue weighted by molar-refractivity contribution is 0.414. The molecule has 0 aliphatic rings. The van der Waals surface area contributed by atoms with Crippen molar-refractivity contribution in [3.05, 3.63) is 12.2 Å². The van der Waals surface area contributed by atoms with Gasteiger partial charge in [0.15, 0.2) is 0 Å². The van der Waals surface area contributed by atoms with Gasteiger partial charge in [-0.1, -0.05) is 51.7 Å². The molecule has 0 saturated heterocycles. The van der Waals surface area contributed by atoms with E-state index in [0.29, 0.717) is 6.54 Å². The lowest BCUT2D eigenvalue weighted by Gasteiger charge is -2.13. The van der Waals surface area contributed by atoms with Gasteiger partial charge in [-0.3, -0.25) is 0 Å². The van der Waals surface area contributed by atoms with Crippen molar-refractivity contribution in [1.82, 2.24) is 0 Å². The maximum Gasteiger partial charge on any atom is 0.0106 e. The molecule has 0 rings (SSSR count). The van der Waals surface area contributed by atoms with E-state index in [1.165, 1.54) is 38.5 Å². The molecule has 0 saturated carbocycles. The monoisotopic (exact) mass is 183 g/mol. The fourth-order valence-electron chi connectivity index (χ4n) is 1.80. The molecule has 0 unspecified atom stereocenters. The average molecular weight is 183 g/mol. The predicted molar refractivity (Wildman–Crippen MR) is 60.7 cm³/mol. The molecule has 0 amide bonds. The highest BCUT2D eigenvalue weighted by Gasteiger charge is 2.04. The van der Waals surface area contributed by atoms with Crippen LogP contribution in [0.3, 0.4) is 0 Å². The molecule has 0 aliphatic heterocycles. The molecule has 0 aromatic heterocycles. The third-order valence-corrected chi connectivity index (χ3v) is 2.44. The van der Waals surface area contributed by atoms with Crippen LogP contribution in [-0.4, -0.2) is 6.54 Å². The van der Waals surface area contributed by atoms with Crippen molar-refractivity contribution >= 4 is 0 Å². The van der Waals surface area contributed by atoms with Gasteiger partial charge in [0.05, 0.1) is 0 Å². The van der Waals surface area contributed by atoms with Crippen LogP contribution in [0.1, 0.15) is 52.4 Å². The van der Waals surface area contributed by atoms with Crippen molar-refractivity contribution in [3.8, 4) is 0 Å². The Hall–Kier alpha value is -0.300. The Morgan fingerprint density at radius 2 is 1.62 bits per heavy atom. The molecule has 78 valence electrons. The Labute approximate surface area is 83.4 Å². The van der Waals surface area contributed by atoms with Crippen molar-refractivity contribution in [2.75, 3.05) is 6.54 Å². The summed E-state index contributed by atoms with van der Waals surface area (Å²) >= 11 is 0. The summed E-state index contributed by atoms with van der Waals surface area (Å²) in [5.74, 6) is 0.942. The van der Waals surface area contributed by atoms with E-state index in [9.17, 15) is 0 Å². The summed E-state index contributed by atoms with van der Waals surface area (Å²) < 4.78 is 0.